The fourth-order valence-corrected chi connectivity index (χ4v) is 3.60. The number of hydrogen-bond acceptors (Lipinski definition) is 6. The van der Waals surface area contributed by atoms with E-state index in [2.05, 4.69) is 14.9 Å². The number of methoxy groups -OCH3 is 1. The number of ether oxygens (including phenoxy) is 2. The van der Waals surface area contributed by atoms with Crippen molar-refractivity contribution < 1.29 is 23.8 Å². The lowest BCUT2D eigenvalue weighted by Gasteiger charge is -2.32. The number of carboxylic acid groups (broad SMARTS) is 1. The Bertz CT molecular complexity index is 824. The van der Waals surface area contributed by atoms with Crippen LogP contribution in [-0.4, -0.2) is 47.8 Å². The van der Waals surface area contributed by atoms with Crippen molar-refractivity contribution in [2.45, 2.75) is 38.9 Å². The highest BCUT2D eigenvalue weighted by molar-refractivity contribution is 5.70. The zero-order chi connectivity index (χ0) is 21.3. The monoisotopic (exact) mass is 417 g/mol. The van der Waals surface area contributed by atoms with Crippen LogP contribution in [0.15, 0.2) is 30.6 Å². The number of rotatable bonds is 10. The van der Waals surface area contributed by atoms with Gasteiger partial charge >= 0.3 is 5.97 Å². The van der Waals surface area contributed by atoms with E-state index in [9.17, 15) is 9.18 Å². The Balaban J connectivity index is 1.36. The fraction of sp³-hybridized carbons (Fsp3) is 0.500. The molecule has 0 amide bonds. The normalized spacial score (nSPS) is 14.8. The Kier molecular flexibility index (Phi) is 8.10. The maximum absolute atomic E-state index is 13.9. The second-order valence-electron chi connectivity index (χ2n) is 7.59. The van der Waals surface area contributed by atoms with E-state index in [1.807, 2.05) is 12.4 Å². The largest absolute Gasteiger partial charge is 0.481 e. The van der Waals surface area contributed by atoms with Crippen molar-refractivity contribution in [1.82, 2.24) is 9.97 Å². The minimum absolute atomic E-state index is 0.190. The maximum Gasteiger partial charge on any atom is 0.307 e. The van der Waals surface area contributed by atoms with Gasteiger partial charge in [-0.2, -0.15) is 0 Å². The summed E-state index contributed by atoms with van der Waals surface area (Å²) in [4.78, 5) is 21.8. The van der Waals surface area contributed by atoms with Gasteiger partial charge in [0.15, 0.2) is 0 Å². The Morgan fingerprint density at radius 3 is 2.57 bits per heavy atom. The molecule has 0 spiro atoms. The highest BCUT2D eigenvalue weighted by Gasteiger charge is 2.20. The first kappa shape index (κ1) is 22.1. The molecule has 30 heavy (non-hydrogen) atoms. The third kappa shape index (κ3) is 6.47. The summed E-state index contributed by atoms with van der Waals surface area (Å²) in [6.07, 6.45) is 6.39. The molecule has 0 aliphatic carbocycles. The predicted molar refractivity (Wildman–Crippen MR) is 110 cm³/mol. The summed E-state index contributed by atoms with van der Waals surface area (Å²) in [5, 5.41) is 8.76. The first-order chi connectivity index (χ1) is 14.5. The smallest absolute Gasteiger partial charge is 0.307 e. The molecule has 162 valence electrons. The molecule has 1 aromatic carbocycles. The van der Waals surface area contributed by atoms with Gasteiger partial charge in [0.25, 0.3) is 0 Å². The average molecular weight is 417 g/mol. The third-order valence-corrected chi connectivity index (χ3v) is 5.30. The van der Waals surface area contributed by atoms with Gasteiger partial charge in [-0.1, -0.05) is 12.1 Å². The van der Waals surface area contributed by atoms with Crippen molar-refractivity contribution in [3.63, 3.8) is 0 Å². The zero-order valence-corrected chi connectivity index (χ0v) is 17.2. The van der Waals surface area contributed by atoms with E-state index in [1.54, 1.807) is 13.2 Å². The molecule has 0 saturated carbocycles. The molecule has 0 atom stereocenters. The molecule has 1 aliphatic heterocycles. The van der Waals surface area contributed by atoms with Crippen molar-refractivity contribution >= 4 is 11.9 Å². The molecule has 0 bridgehead atoms. The van der Waals surface area contributed by atoms with Gasteiger partial charge in [0.1, 0.15) is 5.82 Å². The second-order valence-corrected chi connectivity index (χ2v) is 7.59. The van der Waals surface area contributed by atoms with Crippen LogP contribution >= 0.6 is 0 Å². The van der Waals surface area contributed by atoms with E-state index in [1.165, 1.54) is 12.1 Å². The van der Waals surface area contributed by atoms with Crippen molar-refractivity contribution in [1.29, 1.82) is 0 Å². The number of aromatic nitrogens is 2. The van der Waals surface area contributed by atoms with E-state index in [0.717, 1.165) is 43.9 Å². The second kappa shape index (κ2) is 11.0. The SMILES string of the molecule is COCc1cnc(N2CCC(CCOCc3ccc(CC(=O)O)c(F)c3)CC2)nc1. The summed E-state index contributed by atoms with van der Waals surface area (Å²) in [5.41, 5.74) is 1.87. The van der Waals surface area contributed by atoms with Gasteiger partial charge in [-0.3, -0.25) is 4.79 Å². The van der Waals surface area contributed by atoms with E-state index >= 15 is 0 Å². The molecule has 2 heterocycles. The van der Waals surface area contributed by atoms with Crippen LogP contribution in [-0.2, 0) is 33.9 Å². The van der Waals surface area contributed by atoms with Crippen LogP contribution in [0.4, 0.5) is 10.3 Å². The number of carbonyl (C=O) groups is 1. The highest BCUT2D eigenvalue weighted by Crippen LogP contribution is 2.23. The molecule has 3 rings (SSSR count). The van der Waals surface area contributed by atoms with E-state index in [-0.39, 0.29) is 12.0 Å². The quantitative estimate of drug-likeness (QED) is 0.594. The minimum Gasteiger partial charge on any atom is -0.481 e. The summed E-state index contributed by atoms with van der Waals surface area (Å²) in [6.45, 7) is 3.30. The number of anilines is 1. The van der Waals surface area contributed by atoms with E-state index in [4.69, 9.17) is 14.6 Å². The number of aliphatic carboxylic acids is 1. The lowest BCUT2D eigenvalue weighted by molar-refractivity contribution is -0.136. The molecule has 7 nitrogen and oxygen atoms in total. The number of piperidine rings is 1. The van der Waals surface area contributed by atoms with Crippen LogP contribution in [0.25, 0.3) is 0 Å². The fourth-order valence-electron chi connectivity index (χ4n) is 3.60. The van der Waals surface area contributed by atoms with Gasteiger partial charge in [0.2, 0.25) is 5.95 Å². The summed E-state index contributed by atoms with van der Waals surface area (Å²) in [6, 6.07) is 4.59. The first-order valence-electron chi connectivity index (χ1n) is 10.2. The number of nitrogens with zero attached hydrogens (tertiary/aromatic N) is 3. The first-order valence-corrected chi connectivity index (χ1v) is 10.2. The van der Waals surface area contributed by atoms with Crippen molar-refractivity contribution in [3.05, 3.63) is 53.1 Å². The minimum atomic E-state index is -1.04. The van der Waals surface area contributed by atoms with Gasteiger partial charge in [-0.15, -0.1) is 0 Å². The molecule has 8 heteroatoms. The summed E-state index contributed by atoms with van der Waals surface area (Å²) in [7, 11) is 1.65. The number of halogens is 1. The standard InChI is InChI=1S/C22H28FN3O4/c1-29-14-18-12-24-22(25-13-18)26-7-4-16(5-8-26)6-9-30-15-17-2-3-19(11-21(27)28)20(23)10-17/h2-3,10,12-13,16H,4-9,11,14-15H2,1H3,(H,27,28). The van der Waals surface area contributed by atoms with Crippen LogP contribution < -0.4 is 4.90 Å². The number of benzene rings is 1. The van der Waals surface area contributed by atoms with Gasteiger partial charge in [0, 0.05) is 44.8 Å². The van der Waals surface area contributed by atoms with E-state index in [0.29, 0.717) is 31.3 Å². The molecule has 1 saturated heterocycles. The van der Waals surface area contributed by atoms with E-state index < -0.39 is 11.8 Å². The predicted octanol–water partition coefficient (Wildman–Crippen LogP) is 3.21. The Morgan fingerprint density at radius 2 is 1.93 bits per heavy atom. The van der Waals surface area contributed by atoms with Gasteiger partial charge in [-0.25, -0.2) is 14.4 Å². The summed E-state index contributed by atoms with van der Waals surface area (Å²) < 4.78 is 24.7. The Morgan fingerprint density at radius 1 is 1.20 bits per heavy atom. The molecular formula is C22H28FN3O4. The average Bonchev–Trinajstić information content (AvgIpc) is 2.74. The zero-order valence-electron chi connectivity index (χ0n) is 17.2. The van der Waals surface area contributed by atoms with Crippen LogP contribution in [0.2, 0.25) is 0 Å². The molecular weight excluding hydrogens is 389 g/mol. The lowest BCUT2D eigenvalue weighted by Crippen LogP contribution is -2.35. The van der Waals surface area contributed by atoms with Crippen molar-refractivity contribution in [2.75, 3.05) is 31.7 Å². The highest BCUT2D eigenvalue weighted by atomic mass is 19.1. The molecule has 0 radical (unpaired) electrons. The Labute approximate surface area is 175 Å². The molecule has 1 aromatic heterocycles. The van der Waals surface area contributed by atoms with Gasteiger partial charge in [-0.05, 0) is 42.4 Å². The van der Waals surface area contributed by atoms with Crippen molar-refractivity contribution in [2.24, 2.45) is 5.92 Å². The topological polar surface area (TPSA) is 84.8 Å². The molecule has 2 aromatic rings. The van der Waals surface area contributed by atoms with Crippen LogP contribution in [0.1, 0.15) is 36.0 Å². The lowest BCUT2D eigenvalue weighted by atomic mass is 9.94. The summed E-state index contributed by atoms with van der Waals surface area (Å²) in [5.74, 6) is -0.191. The van der Waals surface area contributed by atoms with Gasteiger partial charge < -0.3 is 19.5 Å². The van der Waals surface area contributed by atoms with Crippen LogP contribution in [0.5, 0.6) is 0 Å². The van der Waals surface area contributed by atoms with Crippen LogP contribution in [0, 0.1) is 11.7 Å². The van der Waals surface area contributed by atoms with Crippen LogP contribution in [0.3, 0.4) is 0 Å². The number of carboxylic acids is 1. The van der Waals surface area contributed by atoms with Gasteiger partial charge in [0.05, 0.1) is 19.6 Å². The molecule has 1 aliphatic rings. The number of hydrogen-bond donors (Lipinski definition) is 1. The molecule has 1 fully saturated rings. The van der Waals surface area contributed by atoms with Crippen molar-refractivity contribution in [3.8, 4) is 0 Å². The summed E-state index contributed by atoms with van der Waals surface area (Å²) >= 11 is 0. The Hall–Kier alpha value is -2.58. The molecule has 1 N–H and O–H groups in total. The molecule has 0 unspecified atom stereocenters. The third-order valence-electron chi connectivity index (χ3n) is 5.30. The maximum atomic E-state index is 13.9.